The lowest BCUT2D eigenvalue weighted by Gasteiger charge is -2.32. The van der Waals surface area contributed by atoms with E-state index in [2.05, 4.69) is 30.2 Å². The van der Waals surface area contributed by atoms with E-state index < -0.39 is 11.6 Å². The molecule has 4 aromatic rings. The fourth-order valence-corrected chi connectivity index (χ4v) is 4.07. The highest BCUT2D eigenvalue weighted by atomic mass is 19.2. The van der Waals surface area contributed by atoms with Gasteiger partial charge in [-0.3, -0.25) is 0 Å². The van der Waals surface area contributed by atoms with E-state index in [1.54, 1.807) is 14.0 Å². The Morgan fingerprint density at radius 2 is 2.00 bits per heavy atom. The van der Waals surface area contributed by atoms with Crippen LogP contribution in [0.3, 0.4) is 0 Å². The molecule has 11 heteroatoms. The van der Waals surface area contributed by atoms with Crippen molar-refractivity contribution < 1.29 is 13.5 Å². The number of piperidine rings is 1. The molecule has 0 bridgehead atoms. The first kappa shape index (κ1) is 20.3. The van der Waals surface area contributed by atoms with Crippen LogP contribution in [0.1, 0.15) is 18.7 Å². The van der Waals surface area contributed by atoms with Gasteiger partial charge in [0.2, 0.25) is 0 Å². The highest BCUT2D eigenvalue weighted by Crippen LogP contribution is 2.39. The molecule has 9 nitrogen and oxygen atoms in total. The maximum atomic E-state index is 15.0. The summed E-state index contributed by atoms with van der Waals surface area (Å²) in [6.45, 7) is 2.97. The highest BCUT2D eigenvalue weighted by molar-refractivity contribution is 6.15. The van der Waals surface area contributed by atoms with Crippen molar-refractivity contribution in [3.8, 4) is 11.8 Å². The van der Waals surface area contributed by atoms with Crippen LogP contribution in [0.2, 0.25) is 0 Å². The molecule has 4 N–H and O–H groups in total. The molecule has 0 amide bonds. The molecule has 0 spiro atoms. The van der Waals surface area contributed by atoms with Crippen molar-refractivity contribution >= 4 is 33.4 Å². The summed E-state index contributed by atoms with van der Waals surface area (Å²) in [4.78, 5) is 22.3. The smallest absolute Gasteiger partial charge is 0.326 e. The van der Waals surface area contributed by atoms with Crippen molar-refractivity contribution in [2.24, 2.45) is 5.73 Å². The summed E-state index contributed by atoms with van der Waals surface area (Å²) in [5, 5.41) is 3.37. The SMILES string of the molecule is CNc1cc(F)c(F)c2c1[nH]c1nc(Oc3cnc(C)nc3)nc(N3CCC[C@H](N)C3)c12. The number of nitrogens with zero attached hydrogens (tertiary/aromatic N) is 5. The number of ether oxygens (including phenoxy) is 1. The average Bonchev–Trinajstić information content (AvgIpc) is 3.17. The van der Waals surface area contributed by atoms with Gasteiger partial charge in [-0.25, -0.2) is 18.7 Å². The van der Waals surface area contributed by atoms with Crippen LogP contribution >= 0.6 is 0 Å². The maximum absolute atomic E-state index is 15.0. The van der Waals surface area contributed by atoms with Gasteiger partial charge in [-0.2, -0.15) is 9.97 Å². The van der Waals surface area contributed by atoms with E-state index in [1.807, 2.05) is 4.90 Å². The third-order valence-corrected chi connectivity index (χ3v) is 5.58. The third-order valence-electron chi connectivity index (χ3n) is 5.58. The molecule has 1 saturated heterocycles. The third kappa shape index (κ3) is 3.44. The summed E-state index contributed by atoms with van der Waals surface area (Å²) in [6, 6.07) is 1.10. The Hall–Kier alpha value is -3.60. The fourth-order valence-electron chi connectivity index (χ4n) is 4.07. The largest absolute Gasteiger partial charge is 0.421 e. The lowest BCUT2D eigenvalue weighted by molar-refractivity contribution is 0.436. The number of nitrogens with one attached hydrogen (secondary N) is 2. The molecule has 1 aromatic carbocycles. The number of fused-ring (bicyclic) bond motifs is 3. The predicted octanol–water partition coefficient (Wildman–Crippen LogP) is 3.25. The summed E-state index contributed by atoms with van der Waals surface area (Å²) in [7, 11) is 1.64. The molecule has 0 unspecified atom stereocenters. The number of hydrogen-bond acceptors (Lipinski definition) is 8. The summed E-state index contributed by atoms with van der Waals surface area (Å²) < 4.78 is 35.2. The number of benzene rings is 1. The molecule has 0 saturated carbocycles. The number of halogens is 2. The molecule has 4 heterocycles. The van der Waals surface area contributed by atoms with Crippen LogP contribution in [0, 0.1) is 18.6 Å². The van der Waals surface area contributed by atoms with Gasteiger partial charge >= 0.3 is 6.01 Å². The predicted molar refractivity (Wildman–Crippen MR) is 117 cm³/mol. The quantitative estimate of drug-likeness (QED) is 0.443. The Morgan fingerprint density at radius 1 is 1.22 bits per heavy atom. The van der Waals surface area contributed by atoms with Crippen molar-refractivity contribution in [2.45, 2.75) is 25.8 Å². The van der Waals surface area contributed by atoms with Gasteiger partial charge in [0.05, 0.1) is 34.4 Å². The van der Waals surface area contributed by atoms with Crippen molar-refractivity contribution in [3.63, 3.8) is 0 Å². The zero-order valence-electron chi connectivity index (χ0n) is 17.6. The second-order valence-corrected chi connectivity index (χ2v) is 7.81. The number of rotatable bonds is 4. The number of hydrogen-bond donors (Lipinski definition) is 3. The van der Waals surface area contributed by atoms with Gasteiger partial charge in [0, 0.05) is 32.2 Å². The highest BCUT2D eigenvalue weighted by Gasteiger charge is 2.27. The van der Waals surface area contributed by atoms with Gasteiger partial charge in [-0.05, 0) is 19.8 Å². The van der Waals surface area contributed by atoms with Crippen LogP contribution in [-0.2, 0) is 0 Å². The van der Waals surface area contributed by atoms with E-state index in [4.69, 9.17) is 10.5 Å². The molecular formula is C21H22F2N8O. The summed E-state index contributed by atoms with van der Waals surface area (Å²) in [6.07, 6.45) is 4.78. The number of nitrogens with two attached hydrogens (primary N) is 1. The molecule has 0 radical (unpaired) electrons. The Labute approximate surface area is 182 Å². The average molecular weight is 440 g/mol. The van der Waals surface area contributed by atoms with Crippen LogP contribution in [0.4, 0.5) is 20.3 Å². The first-order chi connectivity index (χ1) is 15.4. The minimum atomic E-state index is -0.961. The lowest BCUT2D eigenvalue weighted by Crippen LogP contribution is -2.43. The Morgan fingerprint density at radius 3 is 2.72 bits per heavy atom. The van der Waals surface area contributed by atoms with E-state index >= 15 is 4.39 Å². The minimum Gasteiger partial charge on any atom is -0.421 e. The van der Waals surface area contributed by atoms with Crippen molar-refractivity contribution in [3.05, 3.63) is 35.9 Å². The van der Waals surface area contributed by atoms with Crippen molar-refractivity contribution in [1.82, 2.24) is 24.9 Å². The molecule has 1 fully saturated rings. The van der Waals surface area contributed by atoms with Crippen LogP contribution in [0.25, 0.3) is 21.9 Å². The lowest BCUT2D eigenvalue weighted by atomic mass is 10.1. The number of aromatic nitrogens is 5. The minimum absolute atomic E-state index is 0.0394. The van der Waals surface area contributed by atoms with Gasteiger partial charge in [0.25, 0.3) is 0 Å². The van der Waals surface area contributed by atoms with E-state index in [1.165, 1.54) is 12.4 Å². The molecular weight excluding hydrogens is 418 g/mol. The van der Waals surface area contributed by atoms with Crippen LogP contribution in [0.15, 0.2) is 18.5 Å². The van der Waals surface area contributed by atoms with Gasteiger partial charge in [-0.1, -0.05) is 0 Å². The summed E-state index contributed by atoms with van der Waals surface area (Å²) in [5.41, 5.74) is 7.32. The first-order valence-electron chi connectivity index (χ1n) is 10.3. The number of H-pyrrole nitrogens is 1. The van der Waals surface area contributed by atoms with E-state index in [9.17, 15) is 4.39 Å². The molecule has 5 rings (SSSR count). The van der Waals surface area contributed by atoms with Crippen LogP contribution < -0.4 is 20.7 Å². The van der Waals surface area contributed by atoms with Crippen molar-refractivity contribution in [1.29, 1.82) is 0 Å². The maximum Gasteiger partial charge on any atom is 0.326 e. The standard InChI is InChI=1S/C21H22F2N8O/c1-10-26-7-12(8-27-10)32-21-29-19-16(20(30-21)31-5-3-4-11(24)9-31)15-17(23)13(22)6-14(25-2)18(15)28-19/h6-8,11,25H,3-5,9,24H2,1-2H3,(H,28,29,30)/t11-/m0/s1. The Balaban J connectivity index is 1.75. The Kier molecular flexibility index (Phi) is 4.97. The van der Waals surface area contributed by atoms with E-state index in [0.717, 1.165) is 18.9 Å². The Bertz CT molecular complexity index is 1310. The second-order valence-electron chi connectivity index (χ2n) is 7.81. The van der Waals surface area contributed by atoms with Gasteiger partial charge in [0.15, 0.2) is 17.4 Å². The second kappa shape index (κ2) is 7.83. The van der Waals surface area contributed by atoms with Gasteiger partial charge in [0.1, 0.15) is 17.3 Å². The molecule has 3 aromatic heterocycles. The first-order valence-corrected chi connectivity index (χ1v) is 10.3. The van der Waals surface area contributed by atoms with E-state index in [-0.39, 0.29) is 17.4 Å². The number of anilines is 2. The zero-order valence-corrected chi connectivity index (χ0v) is 17.6. The van der Waals surface area contributed by atoms with E-state index in [0.29, 0.717) is 52.7 Å². The topological polar surface area (TPSA) is 118 Å². The molecule has 32 heavy (non-hydrogen) atoms. The van der Waals surface area contributed by atoms with Crippen LogP contribution in [0.5, 0.6) is 11.8 Å². The molecule has 0 aliphatic carbocycles. The fraction of sp³-hybridized carbons (Fsp3) is 0.333. The van der Waals surface area contributed by atoms with Crippen LogP contribution in [-0.4, -0.2) is 51.1 Å². The number of aromatic amines is 1. The zero-order chi connectivity index (χ0) is 22.4. The molecule has 166 valence electrons. The van der Waals surface area contributed by atoms with Gasteiger partial charge < -0.3 is 25.7 Å². The summed E-state index contributed by atoms with van der Waals surface area (Å²) >= 11 is 0. The molecule has 1 aliphatic rings. The molecule has 1 atom stereocenters. The molecule has 1 aliphatic heterocycles. The monoisotopic (exact) mass is 440 g/mol. The van der Waals surface area contributed by atoms with Gasteiger partial charge in [-0.15, -0.1) is 0 Å². The normalized spacial score (nSPS) is 16.7. The summed E-state index contributed by atoms with van der Waals surface area (Å²) in [5.74, 6) is -0.519. The number of aryl methyl sites for hydroxylation is 1. The van der Waals surface area contributed by atoms with Crippen molar-refractivity contribution in [2.75, 3.05) is 30.4 Å².